The predicted octanol–water partition coefficient (Wildman–Crippen LogP) is 3.46. The zero-order valence-electron chi connectivity index (χ0n) is 12.3. The van der Waals surface area contributed by atoms with Crippen LogP contribution in [0, 0.1) is 0 Å². The molecule has 1 aromatic rings. The van der Waals surface area contributed by atoms with Gasteiger partial charge in [-0.05, 0) is 30.3 Å². The summed E-state index contributed by atoms with van der Waals surface area (Å²) in [5, 5.41) is 1.06. The second-order valence-corrected chi connectivity index (χ2v) is 6.02. The Morgan fingerprint density at radius 1 is 1.13 bits per heavy atom. The second kappa shape index (κ2) is 7.20. The Bertz CT molecular complexity index is 701. The van der Waals surface area contributed by atoms with Crippen LogP contribution in [0.5, 0.6) is 5.75 Å². The lowest BCUT2D eigenvalue weighted by atomic mass is 10.1. The van der Waals surface area contributed by atoms with Crippen molar-refractivity contribution in [2.24, 2.45) is 0 Å². The van der Waals surface area contributed by atoms with Crippen LogP contribution < -0.4 is 4.74 Å². The van der Waals surface area contributed by atoms with Crippen LogP contribution in [-0.4, -0.2) is 41.7 Å². The maximum absolute atomic E-state index is 9.11. The van der Waals surface area contributed by atoms with E-state index in [1.54, 1.807) is 30.3 Å². The van der Waals surface area contributed by atoms with Gasteiger partial charge in [0, 0.05) is 18.1 Å². The lowest BCUT2D eigenvalue weighted by molar-refractivity contribution is -0.00699. The molecule has 1 saturated heterocycles. The van der Waals surface area contributed by atoms with Gasteiger partial charge in [-0.25, -0.2) is 0 Å². The molecule has 0 atom stereocenters. The molecule has 5 nitrogen and oxygen atoms in total. The number of hydrogen-bond acceptors (Lipinski definition) is 3. The average molecular weight is 352 g/mol. The Morgan fingerprint density at radius 3 is 2.48 bits per heavy atom. The predicted molar refractivity (Wildman–Crippen MR) is 88.7 cm³/mol. The molecule has 1 aromatic carbocycles. The number of ether oxygens (including phenoxy) is 2. The fourth-order valence-electron chi connectivity index (χ4n) is 2.50. The molecule has 1 fully saturated rings. The van der Waals surface area contributed by atoms with E-state index in [1.807, 2.05) is 0 Å². The molecular weight excluding hydrogens is 337 g/mol. The fourth-order valence-corrected chi connectivity index (χ4v) is 2.83. The van der Waals surface area contributed by atoms with Crippen molar-refractivity contribution in [1.82, 2.24) is 4.90 Å². The zero-order chi connectivity index (χ0) is 16.2. The van der Waals surface area contributed by atoms with Gasteiger partial charge in [0.2, 0.25) is 0 Å². The van der Waals surface area contributed by atoms with Gasteiger partial charge >= 0.3 is 5.71 Å². The van der Waals surface area contributed by atoms with Gasteiger partial charge in [0.05, 0.1) is 18.9 Å². The molecule has 0 bridgehead atoms. The molecular formula is C16H15Cl2N3O2. The van der Waals surface area contributed by atoms with E-state index in [0.29, 0.717) is 46.9 Å². The first kappa shape index (κ1) is 16.1. The van der Waals surface area contributed by atoms with Crippen molar-refractivity contribution >= 4 is 28.9 Å². The molecule has 0 N–H and O–H groups in total. The number of rotatable bonds is 3. The molecule has 0 saturated carbocycles. The quantitative estimate of drug-likeness (QED) is 0.618. The van der Waals surface area contributed by atoms with Gasteiger partial charge in [-0.3, -0.25) is 0 Å². The molecule has 1 aliphatic carbocycles. The largest absolute Gasteiger partial charge is 0.459 e. The Balaban J connectivity index is 1.94. The fraction of sp³-hybridized carbons (Fsp3) is 0.312. The number of morpholine rings is 1. The van der Waals surface area contributed by atoms with Crippen LogP contribution in [0.3, 0.4) is 0 Å². The first-order chi connectivity index (χ1) is 11.2. The molecule has 120 valence electrons. The third kappa shape index (κ3) is 3.77. The van der Waals surface area contributed by atoms with Gasteiger partial charge in [-0.2, -0.15) is 4.79 Å². The van der Waals surface area contributed by atoms with Crippen LogP contribution >= 0.6 is 23.2 Å². The van der Waals surface area contributed by atoms with E-state index in [1.165, 1.54) is 0 Å². The highest BCUT2D eigenvalue weighted by molar-refractivity contribution is 6.43. The maximum Gasteiger partial charge on any atom is 0.318 e. The van der Waals surface area contributed by atoms with Crippen molar-refractivity contribution in [1.29, 1.82) is 0 Å². The summed E-state index contributed by atoms with van der Waals surface area (Å²) >= 11 is 12.1. The summed E-state index contributed by atoms with van der Waals surface area (Å²) < 4.78 is 11.4. The molecule has 0 amide bonds. The van der Waals surface area contributed by atoms with Crippen LogP contribution in [0.1, 0.15) is 6.42 Å². The smallest absolute Gasteiger partial charge is 0.318 e. The van der Waals surface area contributed by atoms with E-state index in [2.05, 4.69) is 9.69 Å². The zero-order valence-corrected chi connectivity index (χ0v) is 13.8. The third-order valence-electron chi connectivity index (χ3n) is 3.68. The van der Waals surface area contributed by atoms with E-state index in [-0.39, 0.29) is 0 Å². The van der Waals surface area contributed by atoms with E-state index >= 15 is 0 Å². The van der Waals surface area contributed by atoms with E-state index in [4.69, 9.17) is 38.2 Å². The highest BCUT2D eigenvalue weighted by Gasteiger charge is 2.29. The first-order valence-corrected chi connectivity index (χ1v) is 8.00. The highest BCUT2D eigenvalue weighted by atomic mass is 35.5. The van der Waals surface area contributed by atoms with Gasteiger partial charge in [-0.15, -0.1) is 0 Å². The van der Waals surface area contributed by atoms with Crippen molar-refractivity contribution < 1.29 is 14.3 Å². The van der Waals surface area contributed by atoms with Gasteiger partial charge in [0.25, 0.3) is 0 Å². The topological polar surface area (TPSA) is 58.1 Å². The van der Waals surface area contributed by atoms with Crippen molar-refractivity contribution in [3.05, 3.63) is 57.4 Å². The average Bonchev–Trinajstić information content (AvgIpc) is 2.59. The lowest BCUT2D eigenvalue weighted by Gasteiger charge is -2.32. The molecule has 7 heteroatoms. The summed E-state index contributed by atoms with van der Waals surface area (Å²) in [5.74, 6) is 1.35. The van der Waals surface area contributed by atoms with Gasteiger partial charge in [-0.1, -0.05) is 23.2 Å². The molecule has 0 aromatic heterocycles. The number of benzene rings is 1. The van der Waals surface area contributed by atoms with Crippen molar-refractivity contribution in [2.75, 3.05) is 26.3 Å². The Morgan fingerprint density at radius 2 is 1.83 bits per heavy atom. The number of nitrogens with zero attached hydrogens (tertiary/aromatic N) is 3. The van der Waals surface area contributed by atoms with Crippen LogP contribution in [0.4, 0.5) is 0 Å². The molecule has 2 aliphatic rings. The molecule has 3 rings (SSSR count). The van der Waals surface area contributed by atoms with Gasteiger partial charge < -0.3 is 19.9 Å². The third-order valence-corrected chi connectivity index (χ3v) is 4.26. The second-order valence-electron chi connectivity index (χ2n) is 5.18. The number of halogens is 2. The van der Waals surface area contributed by atoms with Crippen molar-refractivity contribution in [3.8, 4) is 5.75 Å². The van der Waals surface area contributed by atoms with Gasteiger partial charge in [0.15, 0.2) is 0 Å². The summed E-state index contributed by atoms with van der Waals surface area (Å²) in [4.78, 5) is 5.41. The molecule has 0 unspecified atom stereocenters. The monoisotopic (exact) mass is 351 g/mol. The molecule has 0 radical (unpaired) electrons. The first-order valence-electron chi connectivity index (χ1n) is 7.25. The minimum Gasteiger partial charge on any atom is -0.459 e. The van der Waals surface area contributed by atoms with Crippen LogP contribution in [0.25, 0.3) is 5.53 Å². The maximum atomic E-state index is 9.11. The summed E-state index contributed by atoms with van der Waals surface area (Å²) in [7, 11) is 0. The molecule has 1 heterocycles. The van der Waals surface area contributed by atoms with Crippen LogP contribution in [0.15, 0.2) is 46.8 Å². The highest BCUT2D eigenvalue weighted by Crippen LogP contribution is 2.29. The number of allylic oxidation sites excluding steroid dienone is 3. The Labute approximate surface area is 144 Å². The lowest BCUT2D eigenvalue weighted by Crippen LogP contribution is -2.37. The van der Waals surface area contributed by atoms with Crippen molar-refractivity contribution in [2.45, 2.75) is 6.42 Å². The summed E-state index contributed by atoms with van der Waals surface area (Å²) in [6.07, 6.45) is 2.10. The van der Waals surface area contributed by atoms with Crippen LogP contribution in [0.2, 0.25) is 5.02 Å². The van der Waals surface area contributed by atoms with Crippen LogP contribution in [-0.2, 0) is 4.74 Å². The number of hydrogen-bond donors (Lipinski definition) is 0. The van der Waals surface area contributed by atoms with Gasteiger partial charge in [0.1, 0.15) is 23.0 Å². The van der Waals surface area contributed by atoms with Crippen molar-refractivity contribution in [3.63, 3.8) is 0 Å². The normalized spacial score (nSPS) is 18.6. The minimum atomic E-state index is 0.321. The van der Waals surface area contributed by atoms with E-state index < -0.39 is 0 Å². The molecule has 0 spiro atoms. The SMILES string of the molecule is [N-]=[N+]=C1CC(Oc2ccc(Cl)cc2)=C(N2CCOCC2)C=C1Cl. The molecule has 1 aliphatic heterocycles. The Kier molecular flexibility index (Phi) is 5.03. The Hall–Kier alpha value is -1.78. The summed E-state index contributed by atoms with van der Waals surface area (Å²) in [6, 6.07) is 7.11. The minimum absolute atomic E-state index is 0.321. The van der Waals surface area contributed by atoms with E-state index in [9.17, 15) is 0 Å². The standard InChI is InChI=1S/C16H15Cl2N3O2/c17-11-1-3-12(4-2-11)23-16-10-14(20-19)13(18)9-15(16)21-5-7-22-8-6-21/h1-4,9H,5-8,10H2. The summed E-state index contributed by atoms with van der Waals surface area (Å²) in [6.45, 7) is 2.83. The molecule has 23 heavy (non-hydrogen) atoms. The van der Waals surface area contributed by atoms with E-state index in [0.717, 1.165) is 18.8 Å². The summed E-state index contributed by atoms with van der Waals surface area (Å²) in [5.41, 5.74) is 10.4.